The Morgan fingerprint density at radius 2 is 2.14 bits per heavy atom. The van der Waals surface area contributed by atoms with Gasteiger partial charge in [-0.15, -0.1) is 0 Å². The summed E-state index contributed by atoms with van der Waals surface area (Å²) < 4.78 is 31.8. The Labute approximate surface area is 121 Å². The van der Waals surface area contributed by atoms with E-state index in [9.17, 15) is 8.78 Å². The topological polar surface area (TPSA) is 51.0 Å². The number of benzene rings is 1. The van der Waals surface area contributed by atoms with Crippen molar-refractivity contribution in [2.45, 2.75) is 38.1 Å². The monoisotopic (exact) mass is 293 g/mol. The van der Waals surface area contributed by atoms with Crippen LogP contribution in [0.4, 0.5) is 8.78 Å². The summed E-state index contributed by atoms with van der Waals surface area (Å²) in [6.07, 6.45) is 4.64. The summed E-state index contributed by atoms with van der Waals surface area (Å²) in [4.78, 5) is 4.33. The van der Waals surface area contributed by atoms with Gasteiger partial charge in [-0.05, 0) is 31.0 Å². The third-order valence-corrected chi connectivity index (χ3v) is 3.71. The zero-order valence-electron chi connectivity index (χ0n) is 11.6. The van der Waals surface area contributed by atoms with Crippen molar-refractivity contribution in [2.75, 3.05) is 6.54 Å². The molecule has 21 heavy (non-hydrogen) atoms. The minimum Gasteiger partial charge on any atom is -0.338 e. The molecule has 6 heteroatoms. The fourth-order valence-electron chi connectivity index (χ4n) is 2.56. The zero-order valence-corrected chi connectivity index (χ0v) is 11.6. The van der Waals surface area contributed by atoms with E-state index < -0.39 is 11.6 Å². The largest absolute Gasteiger partial charge is 0.338 e. The molecule has 1 aliphatic heterocycles. The van der Waals surface area contributed by atoms with E-state index in [1.54, 1.807) is 0 Å². The maximum Gasteiger partial charge on any atom is 0.243 e. The van der Waals surface area contributed by atoms with Crippen molar-refractivity contribution in [2.24, 2.45) is 0 Å². The maximum atomic E-state index is 13.6. The van der Waals surface area contributed by atoms with Gasteiger partial charge >= 0.3 is 0 Å². The number of rotatable bonds is 3. The second kappa shape index (κ2) is 6.30. The molecule has 0 radical (unpaired) electrons. The first-order valence-corrected chi connectivity index (χ1v) is 7.22. The van der Waals surface area contributed by atoms with Crippen LogP contribution in [0.2, 0.25) is 0 Å². The van der Waals surface area contributed by atoms with E-state index in [0.717, 1.165) is 31.9 Å². The van der Waals surface area contributed by atoms with Gasteiger partial charge in [0.25, 0.3) is 0 Å². The highest BCUT2D eigenvalue weighted by Gasteiger charge is 2.20. The molecule has 0 spiro atoms. The standard InChI is InChI=1S/C15H17F2N3O/c16-11-6-5-10(12(17)9-11)8-14-19-15(21-20-14)13-4-2-1-3-7-18-13/h5-6,9,13,18H,1-4,7-8H2. The normalized spacial score (nSPS) is 19.4. The molecule has 2 heterocycles. The number of nitrogens with zero attached hydrogens (tertiary/aromatic N) is 2. The van der Waals surface area contributed by atoms with E-state index in [1.165, 1.54) is 18.6 Å². The summed E-state index contributed by atoms with van der Waals surface area (Å²) in [7, 11) is 0. The summed E-state index contributed by atoms with van der Waals surface area (Å²) in [5.41, 5.74) is 0.359. The van der Waals surface area contributed by atoms with Crippen LogP contribution >= 0.6 is 0 Å². The fraction of sp³-hybridized carbons (Fsp3) is 0.467. The lowest BCUT2D eigenvalue weighted by Crippen LogP contribution is -2.20. The first-order chi connectivity index (χ1) is 10.2. The lowest BCUT2D eigenvalue weighted by molar-refractivity contribution is 0.325. The van der Waals surface area contributed by atoms with Crippen LogP contribution in [0.3, 0.4) is 0 Å². The quantitative estimate of drug-likeness (QED) is 0.944. The molecule has 112 valence electrons. The number of hydrogen-bond donors (Lipinski definition) is 1. The van der Waals surface area contributed by atoms with Crippen LogP contribution in [-0.2, 0) is 6.42 Å². The molecule has 0 saturated carbocycles. The van der Waals surface area contributed by atoms with Gasteiger partial charge < -0.3 is 9.84 Å². The highest BCUT2D eigenvalue weighted by molar-refractivity contribution is 5.21. The van der Waals surface area contributed by atoms with Gasteiger partial charge in [0.15, 0.2) is 5.82 Å². The zero-order chi connectivity index (χ0) is 14.7. The average molecular weight is 293 g/mol. The van der Waals surface area contributed by atoms with Crippen LogP contribution in [0.25, 0.3) is 0 Å². The molecule has 4 nitrogen and oxygen atoms in total. The Morgan fingerprint density at radius 3 is 3.00 bits per heavy atom. The van der Waals surface area contributed by atoms with Crippen LogP contribution < -0.4 is 5.32 Å². The highest BCUT2D eigenvalue weighted by Crippen LogP contribution is 2.22. The molecule has 1 atom stereocenters. The molecule has 0 aliphatic carbocycles. The van der Waals surface area contributed by atoms with Crippen molar-refractivity contribution in [3.8, 4) is 0 Å². The Bertz CT molecular complexity index is 607. The van der Waals surface area contributed by atoms with Gasteiger partial charge in [-0.25, -0.2) is 8.78 Å². The first kappa shape index (κ1) is 14.1. The second-order valence-electron chi connectivity index (χ2n) is 5.32. The molecule has 1 fully saturated rings. The van der Waals surface area contributed by atoms with E-state index in [2.05, 4.69) is 15.5 Å². The Balaban J connectivity index is 1.72. The lowest BCUT2D eigenvalue weighted by atomic mass is 10.1. The van der Waals surface area contributed by atoms with E-state index in [1.807, 2.05) is 0 Å². The molecular weight excluding hydrogens is 276 g/mol. The van der Waals surface area contributed by atoms with E-state index in [4.69, 9.17) is 4.52 Å². The summed E-state index contributed by atoms with van der Waals surface area (Å²) >= 11 is 0. The van der Waals surface area contributed by atoms with Crippen molar-refractivity contribution in [1.82, 2.24) is 15.5 Å². The van der Waals surface area contributed by atoms with Crippen molar-refractivity contribution >= 4 is 0 Å². The average Bonchev–Trinajstić information content (AvgIpc) is 2.75. The number of nitrogens with one attached hydrogen (secondary N) is 1. The van der Waals surface area contributed by atoms with Crippen LogP contribution in [0.5, 0.6) is 0 Å². The minimum absolute atomic E-state index is 0.0758. The summed E-state index contributed by atoms with van der Waals surface area (Å²) in [5.74, 6) is -0.211. The summed E-state index contributed by atoms with van der Waals surface area (Å²) in [5, 5.41) is 7.27. The van der Waals surface area contributed by atoms with Gasteiger partial charge in [-0.3, -0.25) is 0 Å². The molecule has 1 aromatic heterocycles. The molecule has 0 bridgehead atoms. The van der Waals surface area contributed by atoms with E-state index >= 15 is 0 Å². The van der Waals surface area contributed by atoms with Crippen LogP contribution in [-0.4, -0.2) is 16.7 Å². The molecule has 1 aromatic carbocycles. The summed E-state index contributed by atoms with van der Waals surface area (Å²) in [6, 6.07) is 3.58. The molecule has 1 N–H and O–H groups in total. The number of hydrogen-bond acceptors (Lipinski definition) is 4. The van der Waals surface area contributed by atoms with Gasteiger partial charge in [0.05, 0.1) is 6.04 Å². The smallest absolute Gasteiger partial charge is 0.243 e. The Morgan fingerprint density at radius 1 is 1.24 bits per heavy atom. The van der Waals surface area contributed by atoms with Crippen molar-refractivity contribution < 1.29 is 13.3 Å². The lowest BCUT2D eigenvalue weighted by Gasteiger charge is -2.09. The van der Waals surface area contributed by atoms with E-state index in [0.29, 0.717) is 17.3 Å². The van der Waals surface area contributed by atoms with Gasteiger partial charge in [-0.1, -0.05) is 24.1 Å². The predicted octanol–water partition coefficient (Wildman–Crippen LogP) is 3.14. The molecule has 0 amide bonds. The third kappa shape index (κ3) is 3.44. The van der Waals surface area contributed by atoms with Gasteiger partial charge in [-0.2, -0.15) is 4.98 Å². The SMILES string of the molecule is Fc1ccc(Cc2noc(C3CCCCCN3)n2)c(F)c1. The van der Waals surface area contributed by atoms with Gasteiger partial charge in [0, 0.05) is 12.5 Å². The Hall–Kier alpha value is -1.82. The molecular formula is C15H17F2N3O. The molecule has 2 aromatic rings. The molecule has 1 unspecified atom stereocenters. The highest BCUT2D eigenvalue weighted by atomic mass is 19.1. The van der Waals surface area contributed by atoms with Crippen molar-refractivity contribution in [3.05, 3.63) is 47.1 Å². The molecule has 1 aliphatic rings. The molecule has 3 rings (SSSR count). The van der Waals surface area contributed by atoms with Crippen molar-refractivity contribution in [1.29, 1.82) is 0 Å². The van der Waals surface area contributed by atoms with Crippen LogP contribution in [0.1, 0.15) is 49.0 Å². The Kier molecular flexibility index (Phi) is 4.24. The van der Waals surface area contributed by atoms with Crippen LogP contribution in [0, 0.1) is 11.6 Å². The number of aromatic nitrogens is 2. The third-order valence-electron chi connectivity index (χ3n) is 3.71. The predicted molar refractivity (Wildman–Crippen MR) is 72.7 cm³/mol. The first-order valence-electron chi connectivity index (χ1n) is 7.22. The van der Waals surface area contributed by atoms with Gasteiger partial charge in [0.2, 0.25) is 5.89 Å². The van der Waals surface area contributed by atoms with E-state index in [-0.39, 0.29) is 12.5 Å². The number of halogens is 2. The second-order valence-corrected chi connectivity index (χ2v) is 5.32. The molecule has 1 saturated heterocycles. The minimum atomic E-state index is -0.590. The van der Waals surface area contributed by atoms with Gasteiger partial charge in [0.1, 0.15) is 11.6 Å². The maximum absolute atomic E-state index is 13.6. The van der Waals surface area contributed by atoms with Crippen molar-refractivity contribution in [3.63, 3.8) is 0 Å². The fourth-order valence-corrected chi connectivity index (χ4v) is 2.56. The van der Waals surface area contributed by atoms with Crippen LogP contribution in [0.15, 0.2) is 22.7 Å². The summed E-state index contributed by atoms with van der Waals surface area (Å²) in [6.45, 7) is 0.939.